The van der Waals surface area contributed by atoms with Crippen molar-refractivity contribution in [3.63, 3.8) is 0 Å². The highest BCUT2D eigenvalue weighted by molar-refractivity contribution is 5.04. The topological polar surface area (TPSA) is 55.9 Å². The summed E-state index contributed by atoms with van der Waals surface area (Å²) in [7, 11) is 0. The predicted molar refractivity (Wildman–Crippen MR) is 71.5 cm³/mol. The molecule has 17 heavy (non-hydrogen) atoms. The third kappa shape index (κ3) is 3.54. The molecule has 1 atom stereocenters. The smallest absolute Gasteiger partial charge is 0.0640 e. The van der Waals surface area contributed by atoms with Crippen LogP contribution >= 0.6 is 0 Å². The fourth-order valence-corrected chi connectivity index (χ4v) is 1.79. The van der Waals surface area contributed by atoms with E-state index in [1.54, 1.807) is 0 Å². The van der Waals surface area contributed by atoms with Gasteiger partial charge < -0.3 is 0 Å². The molecule has 1 aromatic rings. The van der Waals surface area contributed by atoms with Gasteiger partial charge in [-0.25, -0.2) is 0 Å². The lowest BCUT2D eigenvalue weighted by molar-refractivity contribution is 0.230. The lowest BCUT2D eigenvalue weighted by atomic mass is 9.80. The maximum Gasteiger partial charge on any atom is 0.0640 e. The molecule has 0 aliphatic rings. The summed E-state index contributed by atoms with van der Waals surface area (Å²) < 4.78 is 1.99. The minimum atomic E-state index is 0.177. The van der Waals surface area contributed by atoms with Gasteiger partial charge in [-0.2, -0.15) is 5.10 Å². The van der Waals surface area contributed by atoms with Crippen LogP contribution in [-0.2, 0) is 6.42 Å². The summed E-state index contributed by atoms with van der Waals surface area (Å²) in [4.78, 5) is 0. The quantitative estimate of drug-likeness (QED) is 0.590. The number of nitrogens with zero attached hydrogens (tertiary/aromatic N) is 2. The molecule has 0 amide bonds. The molecular formula is C13H26N4. The second-order valence-electron chi connectivity index (χ2n) is 5.65. The molecule has 3 N–H and O–H groups in total. The van der Waals surface area contributed by atoms with Crippen molar-refractivity contribution >= 4 is 0 Å². The van der Waals surface area contributed by atoms with Gasteiger partial charge in [-0.15, -0.1) is 0 Å². The first-order chi connectivity index (χ1) is 7.90. The van der Waals surface area contributed by atoms with E-state index in [1.165, 1.54) is 0 Å². The summed E-state index contributed by atoms with van der Waals surface area (Å²) in [6.07, 6.45) is 4.00. The van der Waals surface area contributed by atoms with E-state index in [9.17, 15) is 0 Å². The molecule has 4 nitrogen and oxygen atoms in total. The Morgan fingerprint density at radius 1 is 1.47 bits per heavy atom. The molecule has 0 saturated heterocycles. The lowest BCUT2D eigenvalue weighted by Gasteiger charge is -2.32. The molecule has 1 rings (SSSR count). The largest absolute Gasteiger partial charge is 0.271 e. The molecular weight excluding hydrogens is 212 g/mol. The summed E-state index contributed by atoms with van der Waals surface area (Å²) >= 11 is 0. The van der Waals surface area contributed by atoms with Crippen LogP contribution in [0.3, 0.4) is 0 Å². The molecule has 0 radical (unpaired) electrons. The first kappa shape index (κ1) is 14.2. The second kappa shape index (κ2) is 5.65. The Morgan fingerprint density at radius 2 is 2.12 bits per heavy atom. The van der Waals surface area contributed by atoms with Gasteiger partial charge in [-0.05, 0) is 31.7 Å². The van der Waals surface area contributed by atoms with E-state index < -0.39 is 0 Å². The van der Waals surface area contributed by atoms with Gasteiger partial charge in [0.1, 0.15) is 0 Å². The van der Waals surface area contributed by atoms with Crippen LogP contribution in [0.2, 0.25) is 0 Å². The number of hydrogen-bond acceptors (Lipinski definition) is 3. The van der Waals surface area contributed by atoms with Crippen LogP contribution < -0.4 is 11.3 Å². The summed E-state index contributed by atoms with van der Waals surface area (Å²) in [6, 6.07) is 2.74. The Bertz CT molecular complexity index is 341. The van der Waals surface area contributed by atoms with E-state index in [-0.39, 0.29) is 11.5 Å². The van der Waals surface area contributed by atoms with E-state index in [2.05, 4.69) is 51.2 Å². The van der Waals surface area contributed by atoms with Gasteiger partial charge in [-0.1, -0.05) is 20.8 Å². The van der Waals surface area contributed by atoms with E-state index in [1.807, 2.05) is 10.9 Å². The molecule has 1 heterocycles. The van der Waals surface area contributed by atoms with E-state index in [4.69, 9.17) is 5.84 Å². The van der Waals surface area contributed by atoms with Crippen molar-refractivity contribution in [3.05, 3.63) is 18.0 Å². The van der Waals surface area contributed by atoms with E-state index in [0.29, 0.717) is 6.04 Å². The third-order valence-electron chi connectivity index (χ3n) is 3.66. The Morgan fingerprint density at radius 3 is 2.53 bits per heavy atom. The minimum Gasteiger partial charge on any atom is -0.271 e. The highest BCUT2D eigenvalue weighted by Crippen LogP contribution is 2.26. The zero-order chi connectivity index (χ0) is 13.1. The van der Waals surface area contributed by atoms with Crippen LogP contribution in [0.5, 0.6) is 0 Å². The molecule has 1 unspecified atom stereocenters. The molecule has 1 aromatic heterocycles. The Labute approximate surface area is 105 Å². The highest BCUT2D eigenvalue weighted by atomic mass is 15.3. The normalized spacial score (nSPS) is 14.3. The SMILES string of the molecule is CCC(C)(C)C(Cc1ccn(C(C)C)n1)NN. The van der Waals surface area contributed by atoms with Crippen molar-refractivity contribution in [1.82, 2.24) is 15.2 Å². The molecule has 0 bridgehead atoms. The van der Waals surface area contributed by atoms with Crippen molar-refractivity contribution in [2.24, 2.45) is 11.3 Å². The number of rotatable bonds is 6. The van der Waals surface area contributed by atoms with Gasteiger partial charge in [0.15, 0.2) is 0 Å². The van der Waals surface area contributed by atoms with Crippen LogP contribution in [0.4, 0.5) is 0 Å². The Hall–Kier alpha value is -0.870. The molecule has 0 aliphatic heterocycles. The fraction of sp³-hybridized carbons (Fsp3) is 0.769. The van der Waals surface area contributed by atoms with Crippen molar-refractivity contribution in [2.45, 2.75) is 59.5 Å². The first-order valence-electron chi connectivity index (χ1n) is 6.41. The third-order valence-corrected chi connectivity index (χ3v) is 3.66. The summed E-state index contributed by atoms with van der Waals surface area (Å²) in [5, 5.41) is 4.57. The van der Waals surface area contributed by atoms with Crippen LogP contribution in [0.1, 0.15) is 52.8 Å². The molecule has 0 aromatic carbocycles. The fourth-order valence-electron chi connectivity index (χ4n) is 1.79. The van der Waals surface area contributed by atoms with Gasteiger partial charge >= 0.3 is 0 Å². The van der Waals surface area contributed by atoms with Crippen molar-refractivity contribution in [2.75, 3.05) is 0 Å². The van der Waals surface area contributed by atoms with Gasteiger partial charge in [0, 0.05) is 24.7 Å². The standard InChI is InChI=1S/C13H26N4/c1-6-13(4,5)12(15-14)9-11-7-8-17(16-11)10(2)3/h7-8,10,12,15H,6,9,14H2,1-5H3. The monoisotopic (exact) mass is 238 g/mol. The summed E-state index contributed by atoms with van der Waals surface area (Å²) in [5.74, 6) is 5.66. The van der Waals surface area contributed by atoms with Crippen molar-refractivity contribution in [1.29, 1.82) is 0 Å². The maximum absolute atomic E-state index is 5.66. The van der Waals surface area contributed by atoms with E-state index >= 15 is 0 Å². The van der Waals surface area contributed by atoms with Crippen LogP contribution in [0.15, 0.2) is 12.3 Å². The zero-order valence-electron chi connectivity index (χ0n) is 11.7. The van der Waals surface area contributed by atoms with Gasteiger partial charge in [0.25, 0.3) is 0 Å². The number of hydrazine groups is 1. The average molecular weight is 238 g/mol. The van der Waals surface area contributed by atoms with Crippen molar-refractivity contribution < 1.29 is 0 Å². The Balaban J connectivity index is 2.74. The summed E-state index contributed by atoms with van der Waals surface area (Å²) in [5.41, 5.74) is 4.21. The summed E-state index contributed by atoms with van der Waals surface area (Å²) in [6.45, 7) is 10.9. The molecule has 0 fully saturated rings. The minimum absolute atomic E-state index is 0.177. The van der Waals surface area contributed by atoms with E-state index in [0.717, 1.165) is 18.5 Å². The average Bonchev–Trinajstić information content (AvgIpc) is 2.74. The maximum atomic E-state index is 5.66. The predicted octanol–water partition coefficient (Wildman–Crippen LogP) is 2.27. The molecule has 0 saturated carbocycles. The van der Waals surface area contributed by atoms with Gasteiger partial charge in [0.05, 0.1) is 5.69 Å². The van der Waals surface area contributed by atoms with Crippen LogP contribution in [-0.4, -0.2) is 15.8 Å². The lowest BCUT2D eigenvalue weighted by Crippen LogP contribution is -2.47. The number of aromatic nitrogens is 2. The second-order valence-corrected chi connectivity index (χ2v) is 5.65. The molecule has 0 aliphatic carbocycles. The van der Waals surface area contributed by atoms with Gasteiger partial charge in [0.2, 0.25) is 0 Å². The Kier molecular flexibility index (Phi) is 4.71. The van der Waals surface area contributed by atoms with Crippen molar-refractivity contribution in [3.8, 4) is 0 Å². The van der Waals surface area contributed by atoms with Gasteiger partial charge in [-0.3, -0.25) is 16.0 Å². The van der Waals surface area contributed by atoms with Crippen LogP contribution in [0, 0.1) is 5.41 Å². The number of nitrogens with one attached hydrogen (secondary N) is 1. The molecule has 0 spiro atoms. The zero-order valence-corrected chi connectivity index (χ0v) is 11.7. The number of nitrogens with two attached hydrogens (primary N) is 1. The van der Waals surface area contributed by atoms with Crippen LogP contribution in [0.25, 0.3) is 0 Å². The highest BCUT2D eigenvalue weighted by Gasteiger charge is 2.27. The number of hydrogen-bond donors (Lipinski definition) is 2. The molecule has 4 heteroatoms. The molecule has 98 valence electrons. The first-order valence-corrected chi connectivity index (χ1v) is 6.41.